The molecule has 116 valence electrons. The Morgan fingerprint density at radius 2 is 1.95 bits per heavy atom. The minimum Gasteiger partial charge on any atom is -0.393 e. The van der Waals surface area contributed by atoms with Gasteiger partial charge in [0.05, 0.1) is 6.10 Å². The average molecular weight is 289 g/mol. The van der Waals surface area contributed by atoms with Gasteiger partial charge in [-0.05, 0) is 49.3 Å². The Kier molecular flexibility index (Phi) is 4.72. The molecular formula is C18H27NO2. The molecule has 1 amide bonds. The van der Waals surface area contributed by atoms with Crippen LogP contribution in [-0.2, 0) is 5.41 Å². The van der Waals surface area contributed by atoms with Crippen LogP contribution in [0.5, 0.6) is 0 Å². The third kappa shape index (κ3) is 3.85. The van der Waals surface area contributed by atoms with E-state index in [1.165, 1.54) is 5.56 Å². The Morgan fingerprint density at radius 1 is 1.33 bits per heavy atom. The van der Waals surface area contributed by atoms with Gasteiger partial charge in [0.25, 0.3) is 5.91 Å². The van der Waals surface area contributed by atoms with Crippen molar-refractivity contribution in [3.63, 3.8) is 0 Å². The summed E-state index contributed by atoms with van der Waals surface area (Å²) in [6, 6.07) is 8.14. The number of aliphatic hydroxyl groups is 1. The van der Waals surface area contributed by atoms with E-state index in [9.17, 15) is 9.90 Å². The Hall–Kier alpha value is -1.35. The van der Waals surface area contributed by atoms with Gasteiger partial charge in [-0.25, -0.2) is 0 Å². The van der Waals surface area contributed by atoms with Crippen molar-refractivity contribution in [3.05, 3.63) is 35.4 Å². The molecule has 21 heavy (non-hydrogen) atoms. The highest BCUT2D eigenvalue weighted by molar-refractivity contribution is 5.94. The van der Waals surface area contributed by atoms with Crippen molar-refractivity contribution in [1.29, 1.82) is 0 Å². The average Bonchev–Trinajstić information content (AvgIpc) is 2.84. The number of likely N-dealkylation sites (tertiary alicyclic amines) is 1. The molecule has 2 rings (SSSR count). The smallest absolute Gasteiger partial charge is 0.254 e. The van der Waals surface area contributed by atoms with Gasteiger partial charge in [-0.2, -0.15) is 0 Å². The predicted molar refractivity (Wildman–Crippen MR) is 85.5 cm³/mol. The summed E-state index contributed by atoms with van der Waals surface area (Å²) in [6.07, 6.45) is 2.35. The maximum absolute atomic E-state index is 12.6. The number of benzene rings is 1. The van der Waals surface area contributed by atoms with Crippen LogP contribution in [0.2, 0.25) is 0 Å². The zero-order valence-electron chi connectivity index (χ0n) is 13.6. The summed E-state index contributed by atoms with van der Waals surface area (Å²) in [5, 5.41) is 9.57. The van der Waals surface area contributed by atoms with Crippen LogP contribution < -0.4 is 0 Å². The standard InChI is InChI=1S/C18H27NO2/c1-13(20)12-16-6-5-11-19(16)17(21)14-7-9-15(10-8-14)18(2,3)4/h7-10,13,16,20H,5-6,11-12H2,1-4H3. The van der Waals surface area contributed by atoms with Crippen molar-refractivity contribution in [2.75, 3.05) is 6.54 Å². The van der Waals surface area contributed by atoms with Crippen molar-refractivity contribution in [2.45, 2.75) is 64.5 Å². The number of nitrogens with zero attached hydrogens (tertiary/aromatic N) is 1. The molecule has 3 nitrogen and oxygen atoms in total. The largest absolute Gasteiger partial charge is 0.393 e. The monoisotopic (exact) mass is 289 g/mol. The third-order valence-corrected chi connectivity index (χ3v) is 4.25. The van der Waals surface area contributed by atoms with Crippen LogP contribution in [0.4, 0.5) is 0 Å². The van der Waals surface area contributed by atoms with Gasteiger partial charge in [0.2, 0.25) is 0 Å². The zero-order valence-corrected chi connectivity index (χ0v) is 13.6. The number of carbonyl (C=O) groups excluding carboxylic acids is 1. The first-order valence-corrected chi connectivity index (χ1v) is 7.88. The zero-order chi connectivity index (χ0) is 15.6. The third-order valence-electron chi connectivity index (χ3n) is 4.25. The fourth-order valence-electron chi connectivity index (χ4n) is 3.02. The normalized spacial score (nSPS) is 20.6. The van der Waals surface area contributed by atoms with Crippen molar-refractivity contribution in [2.24, 2.45) is 0 Å². The minimum atomic E-state index is -0.355. The quantitative estimate of drug-likeness (QED) is 0.927. The van der Waals surface area contributed by atoms with Crippen LogP contribution in [0.1, 0.15) is 62.9 Å². The molecule has 1 aromatic carbocycles. The summed E-state index contributed by atoms with van der Waals surface area (Å²) < 4.78 is 0. The number of hydrogen-bond donors (Lipinski definition) is 1. The Bertz CT molecular complexity index is 485. The van der Waals surface area contributed by atoms with Gasteiger partial charge in [0.1, 0.15) is 0 Å². The molecule has 1 saturated heterocycles. The number of amides is 1. The summed E-state index contributed by atoms with van der Waals surface area (Å²) in [7, 11) is 0. The summed E-state index contributed by atoms with van der Waals surface area (Å²) in [5.41, 5.74) is 2.09. The summed E-state index contributed by atoms with van der Waals surface area (Å²) in [6.45, 7) is 9.10. The number of rotatable bonds is 3. The van der Waals surface area contributed by atoms with Crippen LogP contribution in [0.25, 0.3) is 0 Å². The highest BCUT2D eigenvalue weighted by Crippen LogP contribution is 2.26. The first-order chi connectivity index (χ1) is 9.79. The van der Waals surface area contributed by atoms with Gasteiger partial charge in [-0.15, -0.1) is 0 Å². The molecule has 1 N–H and O–H groups in total. The van der Waals surface area contributed by atoms with Crippen LogP contribution in [0.3, 0.4) is 0 Å². The van der Waals surface area contributed by atoms with Crippen molar-refractivity contribution < 1.29 is 9.90 Å². The lowest BCUT2D eigenvalue weighted by Gasteiger charge is -2.26. The lowest BCUT2D eigenvalue weighted by molar-refractivity contribution is 0.0682. The van der Waals surface area contributed by atoms with Crippen molar-refractivity contribution in [3.8, 4) is 0 Å². The Morgan fingerprint density at radius 3 is 2.48 bits per heavy atom. The number of aliphatic hydroxyl groups excluding tert-OH is 1. The van der Waals surface area contributed by atoms with E-state index in [4.69, 9.17) is 0 Å². The van der Waals surface area contributed by atoms with Crippen molar-refractivity contribution in [1.82, 2.24) is 4.90 Å². The maximum atomic E-state index is 12.6. The minimum absolute atomic E-state index is 0.0959. The van der Waals surface area contributed by atoms with E-state index in [-0.39, 0.29) is 23.5 Å². The Labute approximate surface area is 128 Å². The second-order valence-electron chi connectivity index (χ2n) is 7.21. The molecule has 1 aliphatic heterocycles. The topological polar surface area (TPSA) is 40.5 Å². The van der Waals surface area contributed by atoms with E-state index < -0.39 is 0 Å². The van der Waals surface area contributed by atoms with Crippen LogP contribution in [0, 0.1) is 0 Å². The molecule has 1 fully saturated rings. The molecule has 1 aromatic rings. The molecule has 2 atom stereocenters. The second kappa shape index (κ2) is 6.18. The molecule has 1 heterocycles. The SMILES string of the molecule is CC(O)CC1CCCN1C(=O)c1ccc(C(C)(C)C)cc1. The van der Waals surface area contributed by atoms with Crippen LogP contribution >= 0.6 is 0 Å². The van der Waals surface area contributed by atoms with Gasteiger partial charge in [0.15, 0.2) is 0 Å². The van der Waals surface area contributed by atoms with E-state index in [1.54, 1.807) is 6.92 Å². The molecule has 0 spiro atoms. The number of hydrogen-bond acceptors (Lipinski definition) is 2. The van der Waals surface area contributed by atoms with Gasteiger partial charge >= 0.3 is 0 Å². The lowest BCUT2D eigenvalue weighted by Crippen LogP contribution is -2.37. The molecule has 0 aliphatic carbocycles. The predicted octanol–water partition coefficient (Wildman–Crippen LogP) is 3.36. The fraction of sp³-hybridized carbons (Fsp3) is 0.611. The van der Waals surface area contributed by atoms with Crippen LogP contribution in [-0.4, -0.2) is 34.6 Å². The van der Waals surface area contributed by atoms with E-state index in [2.05, 4.69) is 20.8 Å². The maximum Gasteiger partial charge on any atom is 0.254 e. The van der Waals surface area contributed by atoms with E-state index >= 15 is 0 Å². The van der Waals surface area contributed by atoms with Crippen molar-refractivity contribution >= 4 is 5.91 Å². The summed E-state index contributed by atoms with van der Waals surface area (Å²) >= 11 is 0. The van der Waals surface area contributed by atoms with Gasteiger partial charge in [0, 0.05) is 18.2 Å². The van der Waals surface area contributed by atoms with Gasteiger partial charge in [-0.1, -0.05) is 32.9 Å². The molecule has 0 saturated carbocycles. The lowest BCUT2D eigenvalue weighted by atomic mass is 9.86. The Balaban J connectivity index is 2.12. The van der Waals surface area contributed by atoms with E-state index in [1.807, 2.05) is 29.2 Å². The molecule has 0 bridgehead atoms. The summed E-state index contributed by atoms with van der Waals surface area (Å²) in [4.78, 5) is 14.6. The van der Waals surface area contributed by atoms with Gasteiger partial charge in [-0.3, -0.25) is 4.79 Å². The van der Waals surface area contributed by atoms with Gasteiger partial charge < -0.3 is 10.0 Å². The first kappa shape index (κ1) is 16.0. The molecular weight excluding hydrogens is 262 g/mol. The molecule has 2 unspecified atom stereocenters. The number of carbonyl (C=O) groups is 1. The fourth-order valence-corrected chi connectivity index (χ4v) is 3.02. The van der Waals surface area contributed by atoms with E-state index in [0.717, 1.165) is 24.9 Å². The highest BCUT2D eigenvalue weighted by Gasteiger charge is 2.30. The first-order valence-electron chi connectivity index (χ1n) is 7.88. The molecule has 3 heteroatoms. The molecule has 0 radical (unpaired) electrons. The second-order valence-corrected chi connectivity index (χ2v) is 7.21. The highest BCUT2D eigenvalue weighted by atomic mass is 16.3. The van der Waals surface area contributed by atoms with Crippen LogP contribution in [0.15, 0.2) is 24.3 Å². The summed E-state index contributed by atoms with van der Waals surface area (Å²) in [5.74, 6) is 0.0959. The molecule has 0 aromatic heterocycles. The molecule has 1 aliphatic rings. The van der Waals surface area contributed by atoms with E-state index in [0.29, 0.717) is 6.42 Å².